The molecule has 0 radical (unpaired) electrons. The van der Waals surface area contributed by atoms with Crippen LogP contribution in [0.2, 0.25) is 0 Å². The van der Waals surface area contributed by atoms with Crippen molar-refractivity contribution in [2.45, 2.75) is 25.4 Å². The average molecular weight is 292 g/mol. The summed E-state index contributed by atoms with van der Waals surface area (Å²) in [6, 6.07) is 17.0. The van der Waals surface area contributed by atoms with Gasteiger partial charge in [-0.2, -0.15) is 0 Å². The van der Waals surface area contributed by atoms with E-state index in [1.807, 2.05) is 19.1 Å². The Balaban J connectivity index is 1.60. The summed E-state index contributed by atoms with van der Waals surface area (Å²) in [7, 11) is 0. The molecule has 4 rings (SSSR count). The number of nitrogens with one attached hydrogen (secondary N) is 1. The molecule has 3 nitrogen and oxygen atoms in total. The molecule has 1 fully saturated rings. The van der Waals surface area contributed by atoms with E-state index in [2.05, 4.69) is 46.6 Å². The predicted molar refractivity (Wildman–Crippen MR) is 86.9 cm³/mol. The molecule has 1 amide bonds. The van der Waals surface area contributed by atoms with Crippen LogP contribution in [0.5, 0.6) is 0 Å². The Hall–Kier alpha value is -2.13. The summed E-state index contributed by atoms with van der Waals surface area (Å²) in [4.78, 5) is 14.8. The molecule has 2 aromatic carbocycles. The summed E-state index contributed by atoms with van der Waals surface area (Å²) >= 11 is 0. The lowest BCUT2D eigenvalue weighted by Gasteiger charge is -2.29. The molecule has 3 heteroatoms. The molecule has 0 spiro atoms. The highest BCUT2D eigenvalue weighted by atomic mass is 16.1. The smallest absolute Gasteiger partial charge is 0.252 e. The number of likely N-dealkylation sites (tertiary alicyclic amines) is 1. The van der Waals surface area contributed by atoms with E-state index in [4.69, 9.17) is 0 Å². The first-order valence-electron chi connectivity index (χ1n) is 7.89. The van der Waals surface area contributed by atoms with Crippen molar-refractivity contribution >= 4 is 5.91 Å². The largest absolute Gasteiger partial charge is 0.347 e. The Bertz CT molecular complexity index is 711. The molecule has 1 N–H and O–H groups in total. The van der Waals surface area contributed by atoms with Crippen LogP contribution in [0.4, 0.5) is 0 Å². The van der Waals surface area contributed by atoms with Crippen LogP contribution in [-0.4, -0.2) is 29.9 Å². The van der Waals surface area contributed by atoms with E-state index in [1.165, 1.54) is 11.1 Å². The molecule has 0 aliphatic carbocycles. The number of hydrogen-bond acceptors (Lipinski definition) is 2. The monoisotopic (exact) mass is 292 g/mol. The topological polar surface area (TPSA) is 32.3 Å². The van der Waals surface area contributed by atoms with Crippen LogP contribution < -0.4 is 5.32 Å². The average Bonchev–Trinajstić information content (AvgIpc) is 2.91. The molecule has 22 heavy (non-hydrogen) atoms. The summed E-state index contributed by atoms with van der Waals surface area (Å²) in [6.45, 7) is 4.91. The minimum absolute atomic E-state index is 0.0934. The number of carbonyl (C=O) groups excluding carboxylic acids is 1. The van der Waals surface area contributed by atoms with Gasteiger partial charge >= 0.3 is 0 Å². The van der Waals surface area contributed by atoms with Gasteiger partial charge in [0.05, 0.1) is 0 Å². The number of fused-ring (bicyclic) bond motifs is 3. The van der Waals surface area contributed by atoms with Gasteiger partial charge in [0.25, 0.3) is 5.91 Å². The van der Waals surface area contributed by atoms with Crippen molar-refractivity contribution in [3.05, 3.63) is 70.8 Å². The van der Waals surface area contributed by atoms with Crippen LogP contribution in [0.25, 0.3) is 0 Å². The molecular formula is C19H20N2O. The number of aryl methyl sites for hydroxylation is 1. The number of amides is 1. The lowest BCUT2D eigenvalue weighted by molar-refractivity contribution is 0.0922. The summed E-state index contributed by atoms with van der Waals surface area (Å²) in [5.74, 6) is 0.507. The highest BCUT2D eigenvalue weighted by Crippen LogP contribution is 2.35. The van der Waals surface area contributed by atoms with E-state index < -0.39 is 0 Å². The minimum Gasteiger partial charge on any atom is -0.347 e. The van der Waals surface area contributed by atoms with Gasteiger partial charge in [0.2, 0.25) is 0 Å². The van der Waals surface area contributed by atoms with E-state index in [-0.39, 0.29) is 11.9 Å². The maximum absolute atomic E-state index is 12.4. The highest BCUT2D eigenvalue weighted by Gasteiger charge is 2.40. The minimum atomic E-state index is 0.0934. The van der Waals surface area contributed by atoms with Gasteiger partial charge in [-0.05, 0) is 23.6 Å². The van der Waals surface area contributed by atoms with Crippen LogP contribution in [0.15, 0.2) is 48.5 Å². The van der Waals surface area contributed by atoms with Crippen molar-refractivity contribution in [2.24, 2.45) is 0 Å². The first-order valence-corrected chi connectivity index (χ1v) is 7.89. The SMILES string of the molecule is Cc1cccc2c1C(=O)NC1CN(Cc3ccccc3)CC21. The van der Waals surface area contributed by atoms with Gasteiger partial charge in [-0.1, -0.05) is 48.5 Å². The first kappa shape index (κ1) is 13.5. The lowest BCUT2D eigenvalue weighted by Crippen LogP contribution is -2.44. The van der Waals surface area contributed by atoms with Crippen LogP contribution in [-0.2, 0) is 6.54 Å². The van der Waals surface area contributed by atoms with Crippen molar-refractivity contribution in [3.8, 4) is 0 Å². The Morgan fingerprint density at radius 3 is 2.73 bits per heavy atom. The van der Waals surface area contributed by atoms with E-state index in [1.54, 1.807) is 0 Å². The number of nitrogens with zero attached hydrogens (tertiary/aromatic N) is 1. The molecule has 2 aliphatic rings. The molecule has 2 atom stereocenters. The second kappa shape index (κ2) is 5.25. The third kappa shape index (κ3) is 2.22. The number of hydrogen-bond donors (Lipinski definition) is 1. The standard InChI is InChI=1S/C19H20N2O/c1-13-6-5-9-15-16-11-21(10-14-7-3-2-4-8-14)12-17(16)20-19(22)18(13)15/h2-9,16-17H,10-12H2,1H3,(H,20,22). The van der Waals surface area contributed by atoms with Gasteiger partial charge in [0.15, 0.2) is 0 Å². The Morgan fingerprint density at radius 1 is 1.09 bits per heavy atom. The van der Waals surface area contributed by atoms with Gasteiger partial charge in [0.1, 0.15) is 0 Å². The van der Waals surface area contributed by atoms with E-state index in [0.29, 0.717) is 5.92 Å². The predicted octanol–water partition coefficient (Wildman–Crippen LogP) is 2.71. The zero-order chi connectivity index (χ0) is 15.1. The summed E-state index contributed by atoms with van der Waals surface area (Å²) in [5.41, 5.74) is 4.53. The number of carbonyl (C=O) groups is 1. The fraction of sp³-hybridized carbons (Fsp3) is 0.316. The van der Waals surface area contributed by atoms with Crippen molar-refractivity contribution in [3.63, 3.8) is 0 Å². The van der Waals surface area contributed by atoms with Gasteiger partial charge in [-0.25, -0.2) is 0 Å². The summed E-state index contributed by atoms with van der Waals surface area (Å²) < 4.78 is 0. The first-order chi connectivity index (χ1) is 10.7. The Kier molecular flexibility index (Phi) is 3.23. The highest BCUT2D eigenvalue weighted by molar-refractivity contribution is 5.99. The maximum Gasteiger partial charge on any atom is 0.252 e. The van der Waals surface area contributed by atoms with E-state index in [9.17, 15) is 4.79 Å². The molecule has 2 heterocycles. The quantitative estimate of drug-likeness (QED) is 0.923. The zero-order valence-electron chi connectivity index (χ0n) is 12.8. The Morgan fingerprint density at radius 2 is 1.91 bits per heavy atom. The van der Waals surface area contributed by atoms with E-state index in [0.717, 1.165) is 30.8 Å². The van der Waals surface area contributed by atoms with Crippen LogP contribution >= 0.6 is 0 Å². The Labute approximate surface area is 131 Å². The molecule has 0 aromatic heterocycles. The fourth-order valence-electron chi connectivity index (χ4n) is 3.87. The van der Waals surface area contributed by atoms with E-state index >= 15 is 0 Å². The summed E-state index contributed by atoms with van der Waals surface area (Å²) in [5, 5.41) is 3.21. The molecule has 0 bridgehead atoms. The molecule has 2 aliphatic heterocycles. The fourth-order valence-corrected chi connectivity index (χ4v) is 3.87. The maximum atomic E-state index is 12.4. The van der Waals surface area contributed by atoms with Crippen LogP contribution in [0.1, 0.15) is 33.0 Å². The van der Waals surface area contributed by atoms with Gasteiger partial charge in [-0.3, -0.25) is 9.69 Å². The van der Waals surface area contributed by atoms with Crippen molar-refractivity contribution in [1.82, 2.24) is 10.2 Å². The third-order valence-electron chi connectivity index (χ3n) is 4.89. The lowest BCUT2D eigenvalue weighted by atomic mass is 9.84. The normalized spacial score (nSPS) is 23.8. The van der Waals surface area contributed by atoms with Gasteiger partial charge in [0, 0.05) is 37.2 Å². The summed E-state index contributed by atoms with van der Waals surface area (Å²) in [6.07, 6.45) is 0. The van der Waals surface area contributed by atoms with Crippen LogP contribution in [0.3, 0.4) is 0 Å². The number of benzene rings is 2. The molecule has 2 unspecified atom stereocenters. The van der Waals surface area contributed by atoms with Crippen molar-refractivity contribution in [1.29, 1.82) is 0 Å². The molecule has 2 aromatic rings. The molecule has 112 valence electrons. The number of rotatable bonds is 2. The zero-order valence-corrected chi connectivity index (χ0v) is 12.8. The van der Waals surface area contributed by atoms with Gasteiger partial charge < -0.3 is 5.32 Å². The second-order valence-electron chi connectivity index (χ2n) is 6.41. The van der Waals surface area contributed by atoms with Crippen LogP contribution in [0, 0.1) is 6.92 Å². The van der Waals surface area contributed by atoms with Crippen molar-refractivity contribution in [2.75, 3.05) is 13.1 Å². The molecular weight excluding hydrogens is 272 g/mol. The van der Waals surface area contributed by atoms with Gasteiger partial charge in [-0.15, -0.1) is 0 Å². The molecule has 1 saturated heterocycles. The third-order valence-corrected chi connectivity index (χ3v) is 4.89. The van der Waals surface area contributed by atoms with Crippen molar-refractivity contribution < 1.29 is 4.79 Å². The second-order valence-corrected chi connectivity index (χ2v) is 6.41. The molecule has 0 saturated carbocycles.